The van der Waals surface area contributed by atoms with Crippen molar-refractivity contribution in [1.29, 1.82) is 0 Å². The van der Waals surface area contributed by atoms with Crippen molar-refractivity contribution in [2.45, 2.75) is 18.9 Å². The first-order valence-electron chi connectivity index (χ1n) is 4.07. The fourth-order valence-electron chi connectivity index (χ4n) is 1.89. The zero-order valence-electron chi connectivity index (χ0n) is 6.43. The van der Waals surface area contributed by atoms with Gasteiger partial charge in [0.25, 0.3) is 0 Å². The van der Waals surface area contributed by atoms with E-state index in [1.54, 1.807) is 0 Å². The average Bonchev–Trinajstić information content (AvgIpc) is 2.05. The van der Waals surface area contributed by atoms with Gasteiger partial charge in [0.2, 0.25) is 6.29 Å². The first kappa shape index (κ1) is 7.25. The minimum atomic E-state index is -0.232. The second-order valence-corrected chi connectivity index (χ2v) is 3.42. The van der Waals surface area contributed by atoms with E-state index < -0.39 is 0 Å². The number of nitrogens with one attached hydrogen (secondary N) is 1. The van der Waals surface area contributed by atoms with Crippen LogP contribution in [0.25, 0.3) is 0 Å². The Kier molecular flexibility index (Phi) is 1.69. The zero-order chi connectivity index (χ0) is 7.73. The second kappa shape index (κ2) is 2.57. The van der Waals surface area contributed by atoms with E-state index in [0.29, 0.717) is 0 Å². The molecule has 61 valence electrons. The van der Waals surface area contributed by atoms with Crippen molar-refractivity contribution >= 4 is 6.29 Å². The van der Waals surface area contributed by atoms with Gasteiger partial charge < -0.3 is 10.1 Å². The molecule has 3 heteroatoms. The van der Waals surface area contributed by atoms with Crippen molar-refractivity contribution in [3.63, 3.8) is 0 Å². The maximum absolute atomic E-state index is 10.4. The van der Waals surface area contributed by atoms with Crippen LogP contribution < -0.4 is 5.32 Å². The van der Waals surface area contributed by atoms with Gasteiger partial charge >= 0.3 is 0 Å². The predicted molar refractivity (Wildman–Crippen MR) is 40.0 cm³/mol. The van der Waals surface area contributed by atoms with Gasteiger partial charge in [0.1, 0.15) is 6.10 Å². The monoisotopic (exact) mass is 154 g/mol. The minimum absolute atomic E-state index is 0.160. The highest BCUT2D eigenvalue weighted by molar-refractivity contribution is 5.60. The van der Waals surface area contributed by atoms with Crippen LogP contribution in [0.3, 0.4) is 0 Å². The van der Waals surface area contributed by atoms with Gasteiger partial charge in [-0.15, -0.1) is 0 Å². The van der Waals surface area contributed by atoms with Crippen LogP contribution in [-0.2, 0) is 9.53 Å². The lowest BCUT2D eigenvalue weighted by atomic mass is 9.71. The molecule has 0 aromatic carbocycles. The molecule has 1 radical (unpaired) electrons. The van der Waals surface area contributed by atoms with E-state index in [9.17, 15) is 4.79 Å². The molecule has 0 saturated carbocycles. The Labute approximate surface area is 66.1 Å². The van der Waals surface area contributed by atoms with Gasteiger partial charge in [-0.3, -0.25) is 4.79 Å². The molecule has 1 spiro atoms. The normalized spacial score (nSPS) is 34.7. The van der Waals surface area contributed by atoms with Crippen LogP contribution in [0.5, 0.6) is 0 Å². The molecule has 0 amide bonds. The van der Waals surface area contributed by atoms with E-state index in [2.05, 4.69) is 5.32 Å². The molecule has 2 fully saturated rings. The Morgan fingerprint density at radius 2 is 2.18 bits per heavy atom. The van der Waals surface area contributed by atoms with Gasteiger partial charge in [-0.25, -0.2) is 0 Å². The number of carbonyl (C=O) groups excluding carboxylic acids is 1. The Bertz CT molecular complexity index is 163. The highest BCUT2D eigenvalue weighted by Crippen LogP contribution is 2.41. The van der Waals surface area contributed by atoms with E-state index in [0.717, 1.165) is 32.5 Å². The Morgan fingerprint density at radius 3 is 2.64 bits per heavy atom. The summed E-state index contributed by atoms with van der Waals surface area (Å²) in [6.45, 7) is 2.79. The molecule has 2 aliphatic rings. The maximum Gasteiger partial charge on any atom is 0.230 e. The third-order valence-corrected chi connectivity index (χ3v) is 2.80. The molecule has 1 atom stereocenters. The smallest absolute Gasteiger partial charge is 0.230 e. The summed E-state index contributed by atoms with van der Waals surface area (Å²) in [5.74, 6) is 0. The van der Waals surface area contributed by atoms with Crippen LogP contribution in [0.4, 0.5) is 0 Å². The minimum Gasteiger partial charge on any atom is -0.369 e. The maximum atomic E-state index is 10.4. The summed E-state index contributed by atoms with van der Waals surface area (Å²) in [4.78, 5) is 10.4. The van der Waals surface area contributed by atoms with Gasteiger partial charge in [-0.2, -0.15) is 0 Å². The molecule has 0 aromatic heterocycles. The molecular weight excluding hydrogens is 142 g/mol. The topological polar surface area (TPSA) is 38.3 Å². The Balaban J connectivity index is 2.02. The summed E-state index contributed by atoms with van der Waals surface area (Å²) in [5.41, 5.74) is 0.160. The van der Waals surface area contributed by atoms with E-state index in [1.165, 1.54) is 0 Å². The van der Waals surface area contributed by atoms with E-state index in [4.69, 9.17) is 4.74 Å². The molecule has 2 saturated heterocycles. The molecule has 2 heterocycles. The third kappa shape index (κ3) is 0.993. The largest absolute Gasteiger partial charge is 0.369 e. The highest BCUT2D eigenvalue weighted by atomic mass is 16.5. The highest BCUT2D eigenvalue weighted by Gasteiger charge is 2.49. The van der Waals surface area contributed by atoms with Crippen molar-refractivity contribution in [3.8, 4) is 0 Å². The summed E-state index contributed by atoms with van der Waals surface area (Å²) in [5, 5.41) is 3.27. The van der Waals surface area contributed by atoms with Crippen LogP contribution in [0.1, 0.15) is 12.8 Å². The van der Waals surface area contributed by atoms with Gasteiger partial charge in [-0.1, -0.05) is 0 Å². The van der Waals surface area contributed by atoms with Crippen LogP contribution in [0, 0.1) is 5.41 Å². The van der Waals surface area contributed by atoms with Crippen LogP contribution in [0.15, 0.2) is 0 Å². The van der Waals surface area contributed by atoms with Crippen molar-refractivity contribution in [1.82, 2.24) is 5.32 Å². The van der Waals surface area contributed by atoms with Gasteiger partial charge in [0.15, 0.2) is 0 Å². The number of piperidine rings is 1. The number of ether oxygens (including phenoxy) is 1. The van der Waals surface area contributed by atoms with Crippen LogP contribution >= 0.6 is 0 Å². The van der Waals surface area contributed by atoms with Gasteiger partial charge in [-0.05, 0) is 25.9 Å². The second-order valence-electron chi connectivity index (χ2n) is 3.42. The molecule has 11 heavy (non-hydrogen) atoms. The number of hydrogen-bond acceptors (Lipinski definition) is 3. The first-order chi connectivity index (χ1) is 5.37. The van der Waals surface area contributed by atoms with Crippen LogP contribution in [0.2, 0.25) is 0 Å². The lowest BCUT2D eigenvalue weighted by Crippen LogP contribution is -2.57. The molecule has 0 bridgehead atoms. The molecule has 2 aliphatic heterocycles. The lowest BCUT2D eigenvalue weighted by Gasteiger charge is -2.48. The summed E-state index contributed by atoms with van der Waals surface area (Å²) >= 11 is 0. The average molecular weight is 154 g/mol. The van der Waals surface area contributed by atoms with Crippen molar-refractivity contribution in [2.24, 2.45) is 5.41 Å². The molecular formula is C8H12NO2. The van der Waals surface area contributed by atoms with E-state index >= 15 is 0 Å². The lowest BCUT2D eigenvalue weighted by molar-refractivity contribution is -0.163. The first-order valence-corrected chi connectivity index (χ1v) is 4.07. The predicted octanol–water partition coefficient (Wildman–Crippen LogP) is -0.135. The van der Waals surface area contributed by atoms with Crippen molar-refractivity contribution in [2.75, 3.05) is 19.7 Å². The van der Waals surface area contributed by atoms with Crippen molar-refractivity contribution in [3.05, 3.63) is 0 Å². The summed E-state index contributed by atoms with van der Waals surface area (Å²) in [6, 6.07) is 0. The zero-order valence-corrected chi connectivity index (χ0v) is 6.43. The molecule has 1 N–H and O–H groups in total. The van der Waals surface area contributed by atoms with Gasteiger partial charge in [0, 0.05) is 5.41 Å². The Morgan fingerprint density at radius 1 is 1.45 bits per heavy atom. The number of hydrogen-bond donors (Lipinski definition) is 1. The quantitative estimate of drug-likeness (QED) is 0.571. The third-order valence-electron chi connectivity index (χ3n) is 2.80. The number of rotatable bonds is 1. The van der Waals surface area contributed by atoms with Crippen LogP contribution in [-0.4, -0.2) is 32.1 Å². The molecule has 0 aromatic rings. The van der Waals surface area contributed by atoms with E-state index in [1.807, 2.05) is 6.29 Å². The molecule has 1 unspecified atom stereocenters. The summed E-state index contributed by atoms with van der Waals surface area (Å²) in [6.07, 6.45) is 3.85. The fourth-order valence-corrected chi connectivity index (χ4v) is 1.89. The summed E-state index contributed by atoms with van der Waals surface area (Å²) in [7, 11) is 0. The standard InChI is InChI=1S/C8H12NO2/c10-5-7-8(6-11-7)1-3-9-4-2-8/h7,9H,1-4,6H2. The van der Waals surface area contributed by atoms with Gasteiger partial charge in [0.05, 0.1) is 6.61 Å². The molecule has 0 aliphatic carbocycles. The van der Waals surface area contributed by atoms with Crippen molar-refractivity contribution < 1.29 is 9.53 Å². The molecule has 2 rings (SSSR count). The summed E-state index contributed by atoms with van der Waals surface area (Å²) < 4.78 is 5.12. The Hall–Kier alpha value is -0.410. The van der Waals surface area contributed by atoms with E-state index in [-0.39, 0.29) is 11.5 Å². The fraction of sp³-hybridized carbons (Fsp3) is 0.875. The SMILES string of the molecule is O=[C]C1OCC12CCNCC2. The molecule has 3 nitrogen and oxygen atoms in total.